The van der Waals surface area contributed by atoms with Gasteiger partial charge in [-0.25, -0.2) is 0 Å². The molecule has 1 aromatic heterocycles. The van der Waals surface area contributed by atoms with E-state index < -0.39 is 0 Å². The Morgan fingerprint density at radius 1 is 1.32 bits per heavy atom. The summed E-state index contributed by atoms with van der Waals surface area (Å²) in [7, 11) is 1.71. The number of ether oxygens (including phenoxy) is 1. The van der Waals surface area contributed by atoms with E-state index in [9.17, 15) is 0 Å². The van der Waals surface area contributed by atoms with Crippen molar-refractivity contribution in [1.29, 1.82) is 0 Å². The summed E-state index contributed by atoms with van der Waals surface area (Å²) in [6.45, 7) is 5.65. The van der Waals surface area contributed by atoms with Crippen LogP contribution in [0, 0.1) is 6.92 Å². The minimum absolute atomic E-state index is 0.221. The van der Waals surface area contributed by atoms with Gasteiger partial charge in [0, 0.05) is 24.2 Å². The number of nitrogens with one attached hydrogen (secondary N) is 1. The Morgan fingerprint density at radius 2 is 2.09 bits per heavy atom. The zero-order chi connectivity index (χ0) is 15.9. The predicted molar refractivity (Wildman–Crippen MR) is 98.7 cm³/mol. The summed E-state index contributed by atoms with van der Waals surface area (Å²) in [4.78, 5) is 3.47. The number of anilines is 1. The van der Waals surface area contributed by atoms with E-state index in [-0.39, 0.29) is 6.04 Å². The lowest BCUT2D eigenvalue weighted by atomic mass is 10.2. The first-order chi connectivity index (χ1) is 10.6. The van der Waals surface area contributed by atoms with Crippen LogP contribution in [0.1, 0.15) is 23.4 Å². The van der Waals surface area contributed by atoms with Gasteiger partial charge < -0.3 is 15.0 Å². The Labute approximate surface area is 141 Å². The van der Waals surface area contributed by atoms with Crippen LogP contribution >= 0.6 is 23.6 Å². The Morgan fingerprint density at radius 3 is 2.73 bits per heavy atom. The average Bonchev–Trinajstić information content (AvgIpc) is 3.04. The van der Waals surface area contributed by atoms with Gasteiger partial charge in [-0.05, 0) is 49.1 Å². The number of benzene rings is 1. The monoisotopic (exact) mass is 334 g/mol. The van der Waals surface area contributed by atoms with Crippen LogP contribution in [0.4, 0.5) is 5.69 Å². The first kappa shape index (κ1) is 16.9. The molecular formula is C17H22N2OS2. The number of aryl methyl sites for hydroxylation is 1. The molecule has 0 aliphatic carbocycles. The Hall–Kier alpha value is -1.43. The highest BCUT2D eigenvalue weighted by molar-refractivity contribution is 7.80. The molecule has 0 saturated heterocycles. The summed E-state index contributed by atoms with van der Waals surface area (Å²) in [5, 5.41) is 6.19. The number of methoxy groups -OCH3 is 1. The zero-order valence-electron chi connectivity index (χ0n) is 13.2. The molecule has 1 N–H and O–H groups in total. The SMILES string of the molecule is COCCN(C(=S)Nc1ccccc1C)[C@H](C)c1cccs1. The van der Waals surface area contributed by atoms with Crippen molar-refractivity contribution in [3.63, 3.8) is 0 Å². The molecule has 118 valence electrons. The third kappa shape index (κ3) is 4.29. The summed E-state index contributed by atoms with van der Waals surface area (Å²) in [5.74, 6) is 0. The van der Waals surface area contributed by atoms with Crippen LogP contribution < -0.4 is 5.32 Å². The molecule has 0 bridgehead atoms. The summed E-state index contributed by atoms with van der Waals surface area (Å²) in [6, 6.07) is 12.6. The highest BCUT2D eigenvalue weighted by Crippen LogP contribution is 2.25. The quantitative estimate of drug-likeness (QED) is 0.788. The van der Waals surface area contributed by atoms with Gasteiger partial charge in [-0.1, -0.05) is 24.3 Å². The van der Waals surface area contributed by atoms with E-state index in [1.807, 2.05) is 18.2 Å². The van der Waals surface area contributed by atoms with Gasteiger partial charge >= 0.3 is 0 Å². The number of nitrogens with zero attached hydrogens (tertiary/aromatic N) is 1. The Balaban J connectivity index is 2.14. The molecule has 1 heterocycles. The lowest BCUT2D eigenvalue weighted by Crippen LogP contribution is -2.38. The maximum atomic E-state index is 5.64. The van der Waals surface area contributed by atoms with Crippen LogP contribution in [-0.4, -0.2) is 30.3 Å². The number of hydrogen-bond acceptors (Lipinski definition) is 3. The van der Waals surface area contributed by atoms with Crippen molar-refractivity contribution in [2.45, 2.75) is 19.9 Å². The second-order valence-electron chi connectivity index (χ2n) is 5.12. The normalized spacial score (nSPS) is 12.0. The molecule has 0 saturated carbocycles. The molecule has 1 aromatic carbocycles. The molecule has 5 heteroatoms. The number of thiophene rings is 1. The molecule has 0 aliphatic heterocycles. The van der Waals surface area contributed by atoms with Crippen LogP contribution in [0.3, 0.4) is 0 Å². The van der Waals surface area contributed by atoms with Crippen molar-refractivity contribution >= 4 is 34.4 Å². The van der Waals surface area contributed by atoms with Gasteiger partial charge in [0.25, 0.3) is 0 Å². The standard InChI is InChI=1S/C17H22N2OS2/c1-13-7-4-5-8-15(13)18-17(21)19(10-11-20-3)14(2)16-9-6-12-22-16/h4-9,12,14H,10-11H2,1-3H3,(H,18,21)/t14-/m1/s1. The van der Waals surface area contributed by atoms with Crippen LogP contribution in [0.2, 0.25) is 0 Å². The summed E-state index contributed by atoms with van der Waals surface area (Å²) in [5.41, 5.74) is 2.23. The van der Waals surface area contributed by atoms with Crippen LogP contribution in [0.25, 0.3) is 0 Å². The van der Waals surface area contributed by atoms with Crippen molar-refractivity contribution in [3.8, 4) is 0 Å². The van der Waals surface area contributed by atoms with Gasteiger partial charge in [0.1, 0.15) is 0 Å². The molecule has 2 aromatic rings. The van der Waals surface area contributed by atoms with E-state index in [1.54, 1.807) is 18.4 Å². The fourth-order valence-corrected chi connectivity index (χ4v) is 3.40. The van der Waals surface area contributed by atoms with Crippen molar-refractivity contribution < 1.29 is 4.74 Å². The van der Waals surface area contributed by atoms with Crippen molar-refractivity contribution in [3.05, 3.63) is 52.2 Å². The van der Waals surface area contributed by atoms with Crippen LogP contribution in [0.15, 0.2) is 41.8 Å². The number of para-hydroxylation sites is 1. The smallest absolute Gasteiger partial charge is 0.174 e. The van der Waals surface area contributed by atoms with Gasteiger partial charge in [0.05, 0.1) is 12.6 Å². The third-order valence-corrected chi connectivity index (χ3v) is 4.99. The summed E-state index contributed by atoms with van der Waals surface area (Å²) < 4.78 is 5.24. The van der Waals surface area contributed by atoms with Crippen LogP contribution in [0.5, 0.6) is 0 Å². The van der Waals surface area contributed by atoms with E-state index >= 15 is 0 Å². The third-order valence-electron chi connectivity index (χ3n) is 3.61. The molecule has 1 atom stereocenters. The van der Waals surface area contributed by atoms with Crippen molar-refractivity contribution in [2.24, 2.45) is 0 Å². The molecule has 0 unspecified atom stereocenters. The molecule has 22 heavy (non-hydrogen) atoms. The maximum absolute atomic E-state index is 5.64. The maximum Gasteiger partial charge on any atom is 0.174 e. The fourth-order valence-electron chi connectivity index (χ4n) is 2.24. The number of rotatable bonds is 6. The summed E-state index contributed by atoms with van der Waals surface area (Å²) in [6.07, 6.45) is 0. The van der Waals surface area contributed by atoms with Gasteiger partial charge in [-0.3, -0.25) is 0 Å². The largest absolute Gasteiger partial charge is 0.383 e. The molecule has 0 amide bonds. The topological polar surface area (TPSA) is 24.5 Å². The lowest BCUT2D eigenvalue weighted by Gasteiger charge is -2.31. The van der Waals surface area contributed by atoms with E-state index in [2.05, 4.69) is 47.6 Å². The second kappa shape index (κ2) is 8.27. The zero-order valence-corrected chi connectivity index (χ0v) is 14.8. The molecule has 0 spiro atoms. The lowest BCUT2D eigenvalue weighted by molar-refractivity contribution is 0.166. The number of hydrogen-bond donors (Lipinski definition) is 1. The van der Waals surface area contributed by atoms with E-state index in [1.165, 1.54) is 10.4 Å². The minimum atomic E-state index is 0.221. The molecule has 0 radical (unpaired) electrons. The van der Waals surface area contributed by atoms with Gasteiger partial charge in [0.2, 0.25) is 0 Å². The van der Waals surface area contributed by atoms with Crippen molar-refractivity contribution in [2.75, 3.05) is 25.6 Å². The Kier molecular flexibility index (Phi) is 6.36. The van der Waals surface area contributed by atoms with Gasteiger partial charge in [-0.15, -0.1) is 11.3 Å². The second-order valence-corrected chi connectivity index (χ2v) is 6.49. The Bertz CT molecular complexity index is 598. The molecule has 2 rings (SSSR count). The molecular weight excluding hydrogens is 312 g/mol. The van der Waals surface area contributed by atoms with Crippen molar-refractivity contribution in [1.82, 2.24) is 4.90 Å². The van der Waals surface area contributed by atoms with Crippen LogP contribution in [-0.2, 0) is 4.74 Å². The highest BCUT2D eigenvalue weighted by Gasteiger charge is 2.19. The molecule has 0 fully saturated rings. The average molecular weight is 335 g/mol. The van der Waals surface area contributed by atoms with Gasteiger partial charge in [0.15, 0.2) is 5.11 Å². The highest BCUT2D eigenvalue weighted by atomic mass is 32.1. The van der Waals surface area contributed by atoms with E-state index in [4.69, 9.17) is 17.0 Å². The predicted octanol–water partition coefficient (Wildman–Crippen LogP) is 4.46. The van der Waals surface area contributed by atoms with E-state index in [0.717, 1.165) is 17.3 Å². The van der Waals surface area contributed by atoms with Gasteiger partial charge in [-0.2, -0.15) is 0 Å². The number of thiocarbonyl (C=S) groups is 1. The first-order valence-corrected chi connectivity index (χ1v) is 8.58. The molecule has 3 nitrogen and oxygen atoms in total. The molecule has 0 aliphatic rings. The summed E-state index contributed by atoms with van der Waals surface area (Å²) >= 11 is 7.39. The minimum Gasteiger partial charge on any atom is -0.383 e. The van der Waals surface area contributed by atoms with E-state index in [0.29, 0.717) is 6.61 Å². The first-order valence-electron chi connectivity index (χ1n) is 7.29. The fraction of sp³-hybridized carbons (Fsp3) is 0.353.